The van der Waals surface area contributed by atoms with E-state index in [1.54, 1.807) is 6.07 Å². The highest BCUT2D eigenvalue weighted by atomic mass is 19.1. The Labute approximate surface area is 118 Å². The molecule has 0 bridgehead atoms. The fourth-order valence-corrected chi connectivity index (χ4v) is 2.61. The third kappa shape index (κ3) is 3.55. The lowest BCUT2D eigenvalue weighted by Crippen LogP contribution is -2.36. The van der Waals surface area contributed by atoms with Gasteiger partial charge in [-0.25, -0.2) is 4.39 Å². The predicted octanol–water partition coefficient (Wildman–Crippen LogP) is 1.67. The number of halogens is 1. The van der Waals surface area contributed by atoms with Gasteiger partial charge < -0.3 is 10.5 Å². The average Bonchev–Trinajstić information content (AvgIpc) is 2.49. The fraction of sp³-hybridized carbons (Fsp3) is 0.533. The fourth-order valence-electron chi connectivity index (χ4n) is 2.61. The molecule has 0 radical (unpaired) electrons. The summed E-state index contributed by atoms with van der Waals surface area (Å²) in [5.74, 6) is -0.352. The largest absolute Gasteiger partial charge is 0.469 e. The predicted molar refractivity (Wildman–Crippen MR) is 74.3 cm³/mol. The Bertz CT molecular complexity index is 471. The molecule has 5 heteroatoms. The first-order valence-corrected chi connectivity index (χ1v) is 6.91. The Morgan fingerprint density at radius 3 is 2.75 bits per heavy atom. The smallest absolute Gasteiger partial charge is 0.308 e. The molecule has 1 aromatic carbocycles. The Morgan fingerprint density at radius 1 is 1.45 bits per heavy atom. The summed E-state index contributed by atoms with van der Waals surface area (Å²) >= 11 is 0. The van der Waals surface area contributed by atoms with Gasteiger partial charge in [0.15, 0.2) is 0 Å². The van der Waals surface area contributed by atoms with E-state index in [0.717, 1.165) is 31.5 Å². The van der Waals surface area contributed by atoms with Crippen LogP contribution in [0.4, 0.5) is 4.39 Å². The van der Waals surface area contributed by atoms with Crippen molar-refractivity contribution < 1.29 is 13.9 Å². The zero-order valence-electron chi connectivity index (χ0n) is 11.8. The maximum Gasteiger partial charge on any atom is 0.308 e. The second-order valence-electron chi connectivity index (χ2n) is 5.20. The van der Waals surface area contributed by atoms with Crippen LogP contribution in [-0.4, -0.2) is 31.1 Å². The van der Waals surface area contributed by atoms with Crippen molar-refractivity contribution in [1.29, 1.82) is 0 Å². The number of nitrogens with zero attached hydrogens (tertiary/aromatic N) is 1. The quantitative estimate of drug-likeness (QED) is 0.852. The molecule has 1 heterocycles. The first-order valence-electron chi connectivity index (χ1n) is 6.91. The van der Waals surface area contributed by atoms with E-state index in [1.165, 1.54) is 13.2 Å². The molecule has 4 nitrogen and oxygen atoms in total. The van der Waals surface area contributed by atoms with Crippen molar-refractivity contribution in [3.05, 3.63) is 35.1 Å². The van der Waals surface area contributed by atoms with E-state index in [4.69, 9.17) is 10.5 Å². The molecule has 0 unspecified atom stereocenters. The van der Waals surface area contributed by atoms with Gasteiger partial charge in [0.2, 0.25) is 0 Å². The van der Waals surface area contributed by atoms with Gasteiger partial charge in [-0.05, 0) is 37.6 Å². The minimum absolute atomic E-state index is 0.0172. The second kappa shape index (κ2) is 6.81. The monoisotopic (exact) mass is 280 g/mol. The molecule has 0 aliphatic carbocycles. The number of likely N-dealkylation sites (tertiary alicyclic amines) is 1. The third-order valence-corrected chi connectivity index (χ3v) is 3.86. The van der Waals surface area contributed by atoms with Crippen LogP contribution in [0.5, 0.6) is 0 Å². The molecule has 1 saturated heterocycles. The van der Waals surface area contributed by atoms with Gasteiger partial charge >= 0.3 is 5.97 Å². The van der Waals surface area contributed by atoms with Crippen LogP contribution in [0.15, 0.2) is 18.2 Å². The molecule has 20 heavy (non-hydrogen) atoms. The molecule has 1 fully saturated rings. The van der Waals surface area contributed by atoms with Crippen molar-refractivity contribution in [3.63, 3.8) is 0 Å². The number of carbonyl (C=O) groups is 1. The van der Waals surface area contributed by atoms with Gasteiger partial charge in [-0.15, -0.1) is 0 Å². The van der Waals surface area contributed by atoms with Crippen LogP contribution >= 0.6 is 0 Å². The van der Waals surface area contributed by atoms with Crippen molar-refractivity contribution in [3.8, 4) is 0 Å². The van der Waals surface area contributed by atoms with Crippen LogP contribution in [0.2, 0.25) is 0 Å². The summed E-state index contributed by atoms with van der Waals surface area (Å²) in [6, 6.07) is 5.00. The molecule has 0 saturated carbocycles. The number of esters is 1. The second-order valence-corrected chi connectivity index (χ2v) is 5.20. The van der Waals surface area contributed by atoms with E-state index >= 15 is 0 Å². The highest BCUT2D eigenvalue weighted by Crippen LogP contribution is 2.21. The normalized spacial score (nSPS) is 17.1. The number of hydrogen-bond acceptors (Lipinski definition) is 4. The molecular weight excluding hydrogens is 259 g/mol. The molecule has 2 rings (SSSR count). The summed E-state index contributed by atoms with van der Waals surface area (Å²) < 4.78 is 18.5. The minimum atomic E-state index is -0.197. The molecule has 0 spiro atoms. The number of benzene rings is 1. The summed E-state index contributed by atoms with van der Waals surface area (Å²) in [6.07, 6.45) is 1.54. The Morgan fingerprint density at radius 2 is 2.15 bits per heavy atom. The zero-order chi connectivity index (χ0) is 14.5. The number of methoxy groups -OCH3 is 1. The maximum absolute atomic E-state index is 13.8. The van der Waals surface area contributed by atoms with Crippen molar-refractivity contribution in [1.82, 2.24) is 4.90 Å². The number of piperidine rings is 1. The summed E-state index contributed by atoms with van der Waals surface area (Å²) in [7, 11) is 1.42. The number of hydrogen-bond donors (Lipinski definition) is 1. The lowest BCUT2D eigenvalue weighted by molar-refractivity contribution is -0.147. The van der Waals surface area contributed by atoms with Crippen LogP contribution < -0.4 is 5.73 Å². The zero-order valence-corrected chi connectivity index (χ0v) is 11.8. The van der Waals surface area contributed by atoms with Gasteiger partial charge in [0.25, 0.3) is 0 Å². The highest BCUT2D eigenvalue weighted by Gasteiger charge is 2.25. The first kappa shape index (κ1) is 14.9. The molecule has 1 aliphatic heterocycles. The SMILES string of the molecule is COC(=O)C1CCN(Cc2cc(CN)ccc2F)CC1. The molecule has 0 aromatic heterocycles. The molecule has 110 valence electrons. The van der Waals surface area contributed by atoms with E-state index in [1.807, 2.05) is 6.07 Å². The maximum atomic E-state index is 13.8. The van der Waals surface area contributed by atoms with Crippen LogP contribution in [0.3, 0.4) is 0 Å². The van der Waals surface area contributed by atoms with E-state index in [9.17, 15) is 9.18 Å². The van der Waals surface area contributed by atoms with E-state index in [-0.39, 0.29) is 17.7 Å². The van der Waals surface area contributed by atoms with Gasteiger partial charge in [-0.1, -0.05) is 12.1 Å². The van der Waals surface area contributed by atoms with Gasteiger partial charge in [0, 0.05) is 18.7 Å². The average molecular weight is 280 g/mol. The molecule has 0 amide bonds. The lowest BCUT2D eigenvalue weighted by atomic mass is 9.96. The molecule has 0 atom stereocenters. The number of nitrogens with two attached hydrogens (primary N) is 1. The van der Waals surface area contributed by atoms with E-state index in [0.29, 0.717) is 18.7 Å². The van der Waals surface area contributed by atoms with Gasteiger partial charge in [-0.3, -0.25) is 9.69 Å². The molecule has 1 aliphatic rings. The van der Waals surface area contributed by atoms with Crippen LogP contribution in [-0.2, 0) is 22.6 Å². The van der Waals surface area contributed by atoms with Crippen molar-refractivity contribution in [2.24, 2.45) is 11.7 Å². The van der Waals surface area contributed by atoms with Gasteiger partial charge in [0.05, 0.1) is 13.0 Å². The lowest BCUT2D eigenvalue weighted by Gasteiger charge is -2.30. The van der Waals surface area contributed by atoms with Crippen molar-refractivity contribution in [2.75, 3.05) is 20.2 Å². The summed E-state index contributed by atoms with van der Waals surface area (Å²) in [5, 5.41) is 0. The van der Waals surface area contributed by atoms with Crippen molar-refractivity contribution in [2.45, 2.75) is 25.9 Å². The summed E-state index contributed by atoms with van der Waals surface area (Å²) in [4.78, 5) is 13.6. The molecule has 2 N–H and O–H groups in total. The molecule has 1 aromatic rings. The van der Waals surface area contributed by atoms with Crippen LogP contribution in [0.1, 0.15) is 24.0 Å². The van der Waals surface area contributed by atoms with Gasteiger partial charge in [-0.2, -0.15) is 0 Å². The third-order valence-electron chi connectivity index (χ3n) is 3.86. The Balaban J connectivity index is 1.94. The highest BCUT2D eigenvalue weighted by molar-refractivity contribution is 5.72. The topological polar surface area (TPSA) is 55.6 Å². The minimum Gasteiger partial charge on any atom is -0.469 e. The van der Waals surface area contributed by atoms with Crippen LogP contribution in [0.25, 0.3) is 0 Å². The molecular formula is C15H21FN2O2. The Hall–Kier alpha value is -1.46. The number of ether oxygens (including phenoxy) is 1. The number of carbonyl (C=O) groups excluding carboxylic acids is 1. The van der Waals surface area contributed by atoms with Gasteiger partial charge in [0.1, 0.15) is 5.82 Å². The Kier molecular flexibility index (Phi) is 5.09. The van der Waals surface area contributed by atoms with Crippen LogP contribution in [0, 0.1) is 11.7 Å². The van der Waals surface area contributed by atoms with E-state index in [2.05, 4.69) is 4.90 Å². The van der Waals surface area contributed by atoms with Crippen molar-refractivity contribution >= 4 is 5.97 Å². The summed E-state index contributed by atoms with van der Waals surface area (Å²) in [5.41, 5.74) is 7.19. The summed E-state index contributed by atoms with van der Waals surface area (Å²) in [6.45, 7) is 2.55. The number of rotatable bonds is 4. The first-order chi connectivity index (χ1) is 9.63. The van der Waals surface area contributed by atoms with E-state index < -0.39 is 0 Å². The standard InChI is InChI=1S/C15H21FN2O2/c1-20-15(19)12-4-6-18(7-5-12)10-13-8-11(9-17)2-3-14(13)16/h2-3,8,12H,4-7,9-10,17H2,1H3.